The first-order valence-electron chi connectivity index (χ1n) is 10.0. The molecule has 0 amide bonds. The second kappa shape index (κ2) is 12.1. The van der Waals surface area contributed by atoms with E-state index in [2.05, 4.69) is 16.9 Å². The van der Waals surface area contributed by atoms with Crippen LogP contribution < -0.4 is 0 Å². The fraction of sp³-hybridized carbons (Fsp3) is 0.409. The van der Waals surface area contributed by atoms with Gasteiger partial charge in [-0.15, -0.1) is 0 Å². The molecule has 0 N–H and O–H groups in total. The minimum atomic E-state index is 0.541. The van der Waals surface area contributed by atoms with E-state index >= 15 is 0 Å². The standard InChI is InChI=1S/C22H28N4O3/c1-2-12-27-14-16-29-17-15-28-13-11-26-22(20-8-4-6-10-24-20)18-21(25-26)19-7-3-5-9-23-19/h3-10,18H,2,11-17H2,1H3. The van der Waals surface area contributed by atoms with Crippen molar-refractivity contribution in [1.29, 1.82) is 0 Å². The predicted molar refractivity (Wildman–Crippen MR) is 111 cm³/mol. The van der Waals surface area contributed by atoms with Crippen molar-refractivity contribution in [2.75, 3.05) is 39.6 Å². The van der Waals surface area contributed by atoms with Gasteiger partial charge in [0.25, 0.3) is 0 Å². The number of pyridine rings is 2. The Morgan fingerprint density at radius 1 is 0.724 bits per heavy atom. The predicted octanol–water partition coefficient (Wildman–Crippen LogP) is 3.47. The molecule has 154 valence electrons. The van der Waals surface area contributed by atoms with E-state index in [0.717, 1.165) is 35.8 Å². The lowest BCUT2D eigenvalue weighted by atomic mass is 10.2. The number of ether oxygens (including phenoxy) is 3. The summed E-state index contributed by atoms with van der Waals surface area (Å²) < 4.78 is 18.5. The number of hydrogen-bond acceptors (Lipinski definition) is 6. The van der Waals surface area contributed by atoms with E-state index < -0.39 is 0 Å². The molecule has 0 fully saturated rings. The Bertz CT molecular complexity index is 825. The normalized spacial score (nSPS) is 11.1. The van der Waals surface area contributed by atoms with Gasteiger partial charge in [0.15, 0.2) is 0 Å². The van der Waals surface area contributed by atoms with E-state index in [4.69, 9.17) is 19.3 Å². The maximum Gasteiger partial charge on any atom is 0.111 e. The molecular formula is C22H28N4O3. The first-order chi connectivity index (χ1) is 14.4. The molecule has 0 saturated carbocycles. The molecule has 0 aliphatic carbocycles. The average Bonchev–Trinajstić information content (AvgIpc) is 3.20. The first-order valence-corrected chi connectivity index (χ1v) is 10.0. The summed E-state index contributed by atoms with van der Waals surface area (Å²) >= 11 is 0. The zero-order chi connectivity index (χ0) is 20.2. The minimum absolute atomic E-state index is 0.541. The maximum absolute atomic E-state index is 5.71. The third-order valence-corrected chi connectivity index (χ3v) is 4.17. The lowest BCUT2D eigenvalue weighted by molar-refractivity contribution is 0.0130. The quantitative estimate of drug-likeness (QED) is 0.412. The van der Waals surface area contributed by atoms with Gasteiger partial charge in [-0.25, -0.2) is 0 Å². The third kappa shape index (κ3) is 6.74. The van der Waals surface area contributed by atoms with Gasteiger partial charge in [0, 0.05) is 19.0 Å². The van der Waals surface area contributed by atoms with E-state index in [0.29, 0.717) is 39.6 Å². The lowest BCUT2D eigenvalue weighted by Gasteiger charge is -2.08. The Balaban J connectivity index is 1.52. The summed E-state index contributed by atoms with van der Waals surface area (Å²) in [5.41, 5.74) is 3.47. The molecule has 3 heterocycles. The Labute approximate surface area is 171 Å². The number of nitrogens with zero attached hydrogens (tertiary/aromatic N) is 4. The number of hydrogen-bond donors (Lipinski definition) is 0. The summed E-state index contributed by atoms with van der Waals surface area (Å²) in [6, 6.07) is 13.7. The monoisotopic (exact) mass is 396 g/mol. The molecular weight excluding hydrogens is 368 g/mol. The van der Waals surface area contributed by atoms with Crippen molar-refractivity contribution in [3.05, 3.63) is 54.9 Å². The zero-order valence-corrected chi connectivity index (χ0v) is 16.9. The van der Waals surface area contributed by atoms with Crippen molar-refractivity contribution >= 4 is 0 Å². The molecule has 0 unspecified atom stereocenters. The van der Waals surface area contributed by atoms with Crippen molar-refractivity contribution in [2.24, 2.45) is 0 Å². The summed E-state index contributed by atoms with van der Waals surface area (Å²) in [7, 11) is 0. The highest BCUT2D eigenvalue weighted by molar-refractivity contribution is 5.64. The molecule has 3 aromatic heterocycles. The largest absolute Gasteiger partial charge is 0.379 e. The molecule has 3 aromatic rings. The van der Waals surface area contributed by atoms with Gasteiger partial charge in [-0.05, 0) is 36.8 Å². The Morgan fingerprint density at radius 3 is 1.97 bits per heavy atom. The van der Waals surface area contributed by atoms with Crippen molar-refractivity contribution in [1.82, 2.24) is 19.7 Å². The third-order valence-electron chi connectivity index (χ3n) is 4.17. The highest BCUT2D eigenvalue weighted by Crippen LogP contribution is 2.23. The van der Waals surface area contributed by atoms with Crippen LogP contribution >= 0.6 is 0 Å². The fourth-order valence-electron chi connectivity index (χ4n) is 2.78. The fourth-order valence-corrected chi connectivity index (χ4v) is 2.78. The number of rotatable bonds is 13. The molecule has 0 atom stereocenters. The second-order valence-electron chi connectivity index (χ2n) is 6.41. The highest BCUT2D eigenvalue weighted by Gasteiger charge is 2.13. The summed E-state index contributed by atoms with van der Waals surface area (Å²) in [5.74, 6) is 0. The molecule has 3 rings (SSSR count). The first kappa shape index (κ1) is 21.1. The van der Waals surface area contributed by atoms with Crippen LogP contribution in [0.2, 0.25) is 0 Å². The van der Waals surface area contributed by atoms with Crippen molar-refractivity contribution < 1.29 is 14.2 Å². The van der Waals surface area contributed by atoms with Gasteiger partial charge in [-0.2, -0.15) is 5.10 Å². The molecule has 0 aliphatic rings. The summed E-state index contributed by atoms with van der Waals surface area (Å²) in [5, 5.41) is 4.72. The highest BCUT2D eigenvalue weighted by atomic mass is 16.5. The van der Waals surface area contributed by atoms with Gasteiger partial charge in [-0.1, -0.05) is 19.1 Å². The maximum atomic E-state index is 5.71. The minimum Gasteiger partial charge on any atom is -0.379 e. The molecule has 7 nitrogen and oxygen atoms in total. The lowest BCUT2D eigenvalue weighted by Crippen LogP contribution is -2.13. The molecule has 0 saturated heterocycles. The van der Waals surface area contributed by atoms with Gasteiger partial charge in [0.1, 0.15) is 5.69 Å². The summed E-state index contributed by atoms with van der Waals surface area (Å²) in [6.07, 6.45) is 4.58. The van der Waals surface area contributed by atoms with Crippen molar-refractivity contribution in [3.8, 4) is 22.8 Å². The Hall–Kier alpha value is -2.61. The average molecular weight is 396 g/mol. The molecule has 0 bridgehead atoms. The van der Waals surface area contributed by atoms with Crippen LogP contribution in [0.25, 0.3) is 22.8 Å². The van der Waals surface area contributed by atoms with Crippen LogP contribution in [0.1, 0.15) is 13.3 Å². The van der Waals surface area contributed by atoms with Gasteiger partial charge >= 0.3 is 0 Å². The molecule has 0 aliphatic heterocycles. The SMILES string of the molecule is CCCOCCOCCOCCn1nc(-c2ccccn2)cc1-c1ccccn1. The second-order valence-corrected chi connectivity index (χ2v) is 6.41. The van der Waals surface area contributed by atoms with Crippen LogP contribution in [0.3, 0.4) is 0 Å². The van der Waals surface area contributed by atoms with E-state index in [1.165, 1.54) is 0 Å². The van der Waals surface area contributed by atoms with Crippen molar-refractivity contribution in [2.45, 2.75) is 19.9 Å². The van der Waals surface area contributed by atoms with Crippen LogP contribution in [0.15, 0.2) is 54.9 Å². The van der Waals surface area contributed by atoms with Gasteiger partial charge in [0.2, 0.25) is 0 Å². The van der Waals surface area contributed by atoms with Gasteiger partial charge in [-0.3, -0.25) is 14.6 Å². The van der Waals surface area contributed by atoms with Crippen LogP contribution in [0, 0.1) is 0 Å². The number of aromatic nitrogens is 4. The van der Waals surface area contributed by atoms with E-state index in [1.54, 1.807) is 12.4 Å². The van der Waals surface area contributed by atoms with E-state index in [-0.39, 0.29) is 0 Å². The molecule has 0 spiro atoms. The van der Waals surface area contributed by atoms with Crippen LogP contribution in [-0.2, 0) is 20.8 Å². The Kier molecular flexibility index (Phi) is 8.78. The summed E-state index contributed by atoms with van der Waals surface area (Å²) in [4.78, 5) is 8.86. The van der Waals surface area contributed by atoms with Crippen LogP contribution in [-0.4, -0.2) is 59.4 Å². The van der Waals surface area contributed by atoms with E-state index in [1.807, 2.05) is 47.1 Å². The Morgan fingerprint density at radius 2 is 1.34 bits per heavy atom. The topological polar surface area (TPSA) is 71.3 Å². The smallest absolute Gasteiger partial charge is 0.111 e. The molecule has 29 heavy (non-hydrogen) atoms. The zero-order valence-electron chi connectivity index (χ0n) is 16.9. The molecule has 0 radical (unpaired) electrons. The van der Waals surface area contributed by atoms with Crippen LogP contribution in [0.4, 0.5) is 0 Å². The summed E-state index contributed by atoms with van der Waals surface area (Å²) in [6.45, 7) is 6.36. The van der Waals surface area contributed by atoms with Gasteiger partial charge < -0.3 is 14.2 Å². The van der Waals surface area contributed by atoms with Gasteiger partial charge in [0.05, 0.1) is 56.7 Å². The molecule has 7 heteroatoms. The van der Waals surface area contributed by atoms with Crippen LogP contribution in [0.5, 0.6) is 0 Å². The van der Waals surface area contributed by atoms with E-state index in [9.17, 15) is 0 Å². The molecule has 0 aromatic carbocycles. The van der Waals surface area contributed by atoms with Crippen molar-refractivity contribution in [3.63, 3.8) is 0 Å².